The van der Waals surface area contributed by atoms with Gasteiger partial charge in [0.2, 0.25) is 11.8 Å². The molecule has 8 heteroatoms. The number of nitrogens with one attached hydrogen (secondary N) is 2. The lowest BCUT2D eigenvalue weighted by atomic mass is 10.2. The van der Waals surface area contributed by atoms with E-state index in [-0.39, 0.29) is 24.1 Å². The second-order valence-corrected chi connectivity index (χ2v) is 6.16. The highest BCUT2D eigenvalue weighted by molar-refractivity contribution is 7.99. The van der Waals surface area contributed by atoms with E-state index in [4.69, 9.17) is 0 Å². The Morgan fingerprint density at radius 3 is 2.46 bits per heavy atom. The van der Waals surface area contributed by atoms with Crippen LogP contribution in [0.15, 0.2) is 29.4 Å². The van der Waals surface area contributed by atoms with Gasteiger partial charge < -0.3 is 10.6 Å². The predicted octanol–water partition coefficient (Wildman–Crippen LogP) is 1.23. The lowest BCUT2D eigenvalue weighted by molar-refractivity contribution is -0.124. The Morgan fingerprint density at radius 2 is 1.79 bits per heavy atom. The summed E-state index contributed by atoms with van der Waals surface area (Å²) in [6.45, 7) is 6.25. The normalized spacial score (nSPS) is 10.5. The fraction of sp³-hybridized carbons (Fsp3) is 0.375. The average Bonchev–Trinajstić information content (AvgIpc) is 2.93. The molecule has 1 aromatic heterocycles. The molecular weight excluding hydrogens is 326 g/mol. The van der Waals surface area contributed by atoms with Crippen molar-refractivity contribution in [3.05, 3.63) is 35.7 Å². The van der Waals surface area contributed by atoms with Crippen molar-refractivity contribution in [1.29, 1.82) is 0 Å². The number of aromatic nitrogens is 3. The first kappa shape index (κ1) is 18.0. The van der Waals surface area contributed by atoms with E-state index in [1.165, 1.54) is 17.3 Å². The number of carbonyl (C=O) groups is 2. The lowest BCUT2D eigenvalue weighted by Gasteiger charge is -2.09. The van der Waals surface area contributed by atoms with Gasteiger partial charge in [0.05, 0.1) is 12.3 Å². The third kappa shape index (κ3) is 4.82. The van der Waals surface area contributed by atoms with E-state index in [2.05, 4.69) is 20.8 Å². The standard InChI is InChI=1S/C16H21N5O2S/c1-4-17-14(22)9-18-15(23)10-24-16-20-19-12(3)21(16)13-7-5-11(2)6-8-13/h5-8H,4,9-10H2,1-3H3,(H,17,22)(H,18,23). The first-order valence-electron chi connectivity index (χ1n) is 7.66. The topological polar surface area (TPSA) is 88.9 Å². The average molecular weight is 347 g/mol. The molecule has 2 aromatic rings. The highest BCUT2D eigenvalue weighted by atomic mass is 32.2. The van der Waals surface area contributed by atoms with Gasteiger partial charge in [0.1, 0.15) is 5.82 Å². The minimum atomic E-state index is -0.220. The summed E-state index contributed by atoms with van der Waals surface area (Å²) in [5.41, 5.74) is 2.12. The van der Waals surface area contributed by atoms with Gasteiger partial charge in [-0.1, -0.05) is 29.5 Å². The van der Waals surface area contributed by atoms with Gasteiger partial charge in [-0.15, -0.1) is 10.2 Å². The van der Waals surface area contributed by atoms with Crippen molar-refractivity contribution in [2.24, 2.45) is 0 Å². The molecule has 2 amide bonds. The number of likely N-dealkylation sites (N-methyl/N-ethyl adjacent to an activating group) is 1. The summed E-state index contributed by atoms with van der Waals surface area (Å²) in [6.07, 6.45) is 0. The second-order valence-electron chi connectivity index (χ2n) is 5.22. The van der Waals surface area contributed by atoms with E-state index in [0.717, 1.165) is 11.5 Å². The van der Waals surface area contributed by atoms with Crippen LogP contribution >= 0.6 is 11.8 Å². The van der Waals surface area contributed by atoms with E-state index >= 15 is 0 Å². The molecule has 2 N–H and O–H groups in total. The molecule has 0 aliphatic carbocycles. The SMILES string of the molecule is CCNC(=O)CNC(=O)CSc1nnc(C)n1-c1ccc(C)cc1. The molecule has 1 aromatic carbocycles. The van der Waals surface area contributed by atoms with Crippen molar-refractivity contribution in [3.8, 4) is 5.69 Å². The molecule has 0 unspecified atom stereocenters. The summed E-state index contributed by atoms with van der Waals surface area (Å²) in [4.78, 5) is 23.2. The Hall–Kier alpha value is -2.35. The highest BCUT2D eigenvalue weighted by Crippen LogP contribution is 2.21. The number of hydrogen-bond acceptors (Lipinski definition) is 5. The van der Waals surface area contributed by atoms with Gasteiger partial charge in [-0.05, 0) is 32.9 Å². The zero-order valence-electron chi connectivity index (χ0n) is 14.0. The molecular formula is C16H21N5O2S. The van der Waals surface area contributed by atoms with E-state index in [0.29, 0.717) is 11.7 Å². The third-order valence-electron chi connectivity index (χ3n) is 3.24. The number of aryl methyl sites for hydroxylation is 2. The summed E-state index contributed by atoms with van der Waals surface area (Å²) in [5, 5.41) is 14.1. The van der Waals surface area contributed by atoms with Gasteiger partial charge in [0, 0.05) is 12.2 Å². The number of amides is 2. The van der Waals surface area contributed by atoms with E-state index < -0.39 is 0 Å². The first-order valence-corrected chi connectivity index (χ1v) is 8.65. The van der Waals surface area contributed by atoms with E-state index in [9.17, 15) is 9.59 Å². The third-order valence-corrected chi connectivity index (χ3v) is 4.17. The molecule has 0 atom stereocenters. The van der Waals surface area contributed by atoms with Crippen molar-refractivity contribution in [2.75, 3.05) is 18.8 Å². The Balaban J connectivity index is 1.97. The number of hydrogen-bond donors (Lipinski definition) is 2. The van der Waals surface area contributed by atoms with Crippen LogP contribution in [-0.2, 0) is 9.59 Å². The van der Waals surface area contributed by atoms with Crippen LogP contribution in [0, 0.1) is 13.8 Å². The van der Waals surface area contributed by atoms with Gasteiger partial charge >= 0.3 is 0 Å². The molecule has 2 rings (SSSR count). The molecule has 0 bridgehead atoms. The molecule has 7 nitrogen and oxygen atoms in total. The smallest absolute Gasteiger partial charge is 0.239 e. The lowest BCUT2D eigenvalue weighted by Crippen LogP contribution is -2.37. The molecule has 0 fully saturated rings. The maximum absolute atomic E-state index is 11.9. The fourth-order valence-corrected chi connectivity index (χ4v) is 2.87. The minimum absolute atomic E-state index is 0.0170. The number of nitrogens with zero attached hydrogens (tertiary/aromatic N) is 3. The van der Waals surface area contributed by atoms with Gasteiger partial charge in [-0.25, -0.2) is 0 Å². The van der Waals surface area contributed by atoms with E-state index in [1.54, 1.807) is 0 Å². The van der Waals surface area contributed by atoms with Crippen LogP contribution in [0.3, 0.4) is 0 Å². The van der Waals surface area contributed by atoms with Crippen LogP contribution in [0.5, 0.6) is 0 Å². The molecule has 0 saturated heterocycles. The molecule has 0 radical (unpaired) electrons. The maximum Gasteiger partial charge on any atom is 0.239 e. The van der Waals surface area contributed by atoms with Crippen LogP contribution in [-0.4, -0.2) is 45.4 Å². The van der Waals surface area contributed by atoms with Gasteiger partial charge in [0.25, 0.3) is 0 Å². The minimum Gasteiger partial charge on any atom is -0.355 e. The Morgan fingerprint density at radius 1 is 1.08 bits per heavy atom. The number of carbonyl (C=O) groups excluding carboxylic acids is 2. The van der Waals surface area contributed by atoms with Crippen LogP contribution in [0.25, 0.3) is 5.69 Å². The number of benzene rings is 1. The van der Waals surface area contributed by atoms with Crippen LogP contribution in [0.1, 0.15) is 18.3 Å². The van der Waals surface area contributed by atoms with Gasteiger partial charge in [0.15, 0.2) is 5.16 Å². The zero-order chi connectivity index (χ0) is 17.5. The molecule has 24 heavy (non-hydrogen) atoms. The highest BCUT2D eigenvalue weighted by Gasteiger charge is 2.13. The summed E-state index contributed by atoms with van der Waals surface area (Å²) >= 11 is 1.29. The second kappa shape index (κ2) is 8.49. The molecule has 0 saturated carbocycles. The molecule has 1 heterocycles. The quantitative estimate of drug-likeness (QED) is 0.736. The Bertz CT molecular complexity index is 712. The summed E-state index contributed by atoms with van der Waals surface area (Å²) in [5.74, 6) is 0.504. The molecule has 128 valence electrons. The van der Waals surface area contributed by atoms with Crippen molar-refractivity contribution in [2.45, 2.75) is 25.9 Å². The van der Waals surface area contributed by atoms with Crippen LogP contribution in [0.2, 0.25) is 0 Å². The zero-order valence-corrected chi connectivity index (χ0v) is 14.8. The number of rotatable bonds is 7. The Labute approximate surface area is 145 Å². The van der Waals surface area contributed by atoms with Gasteiger partial charge in [-0.2, -0.15) is 0 Å². The van der Waals surface area contributed by atoms with Crippen molar-refractivity contribution >= 4 is 23.6 Å². The van der Waals surface area contributed by atoms with E-state index in [1.807, 2.05) is 49.6 Å². The largest absolute Gasteiger partial charge is 0.355 e. The van der Waals surface area contributed by atoms with Crippen LogP contribution in [0.4, 0.5) is 0 Å². The number of thioether (sulfide) groups is 1. The first-order chi connectivity index (χ1) is 11.5. The maximum atomic E-state index is 11.9. The van der Waals surface area contributed by atoms with Gasteiger partial charge in [-0.3, -0.25) is 14.2 Å². The summed E-state index contributed by atoms with van der Waals surface area (Å²) < 4.78 is 1.90. The predicted molar refractivity (Wildman–Crippen MR) is 93.3 cm³/mol. The van der Waals surface area contributed by atoms with Crippen molar-refractivity contribution in [3.63, 3.8) is 0 Å². The monoisotopic (exact) mass is 347 g/mol. The molecule has 0 aliphatic heterocycles. The fourth-order valence-electron chi connectivity index (χ4n) is 2.05. The summed E-state index contributed by atoms with van der Waals surface area (Å²) in [7, 11) is 0. The molecule has 0 aliphatic rings. The summed E-state index contributed by atoms with van der Waals surface area (Å²) in [6, 6.07) is 8.01. The van der Waals surface area contributed by atoms with Crippen molar-refractivity contribution < 1.29 is 9.59 Å². The molecule has 0 spiro atoms. The van der Waals surface area contributed by atoms with Crippen LogP contribution < -0.4 is 10.6 Å². The Kier molecular flexibility index (Phi) is 6.36. The van der Waals surface area contributed by atoms with Crippen molar-refractivity contribution in [1.82, 2.24) is 25.4 Å².